The number of imide groups is 1. The summed E-state index contributed by atoms with van der Waals surface area (Å²) in [5.74, 6) is -1.97. The lowest BCUT2D eigenvalue weighted by molar-refractivity contribution is -0.122. The number of hydrogen-bond acceptors (Lipinski definition) is 3. The number of carbonyl (C=O) groups is 3. The summed E-state index contributed by atoms with van der Waals surface area (Å²) in [5, 5.41) is 8.92. The molecule has 114 valence electrons. The number of carboxylic acids is 1. The fourth-order valence-corrected chi connectivity index (χ4v) is 3.53. The first-order chi connectivity index (χ1) is 10.4. The number of anilines is 1. The maximum atomic E-state index is 12.6. The molecule has 3 rings (SSSR count). The molecule has 0 saturated carbocycles. The van der Waals surface area contributed by atoms with Gasteiger partial charge in [-0.2, -0.15) is 0 Å². The largest absolute Gasteiger partial charge is 0.478 e. The highest BCUT2D eigenvalue weighted by atomic mass is 16.4. The first-order valence-corrected chi connectivity index (χ1v) is 7.28. The topological polar surface area (TPSA) is 74.7 Å². The Morgan fingerprint density at radius 2 is 1.82 bits per heavy atom. The summed E-state index contributed by atoms with van der Waals surface area (Å²) in [6.45, 7) is 3.94. The average Bonchev–Trinajstić information content (AvgIpc) is 2.70. The Morgan fingerprint density at radius 3 is 2.41 bits per heavy atom. The Labute approximate surface area is 128 Å². The van der Waals surface area contributed by atoms with Crippen molar-refractivity contribution >= 4 is 23.5 Å². The fourth-order valence-electron chi connectivity index (χ4n) is 3.53. The van der Waals surface area contributed by atoms with Crippen molar-refractivity contribution in [2.45, 2.75) is 20.3 Å². The Balaban J connectivity index is 1.94. The zero-order valence-electron chi connectivity index (χ0n) is 12.4. The zero-order valence-corrected chi connectivity index (χ0v) is 12.4. The van der Waals surface area contributed by atoms with Crippen LogP contribution in [0.3, 0.4) is 0 Å². The van der Waals surface area contributed by atoms with Gasteiger partial charge >= 0.3 is 5.97 Å². The second-order valence-electron chi connectivity index (χ2n) is 6.07. The van der Waals surface area contributed by atoms with Gasteiger partial charge in [-0.1, -0.05) is 18.6 Å². The highest BCUT2D eigenvalue weighted by Crippen LogP contribution is 2.42. The van der Waals surface area contributed by atoms with E-state index in [2.05, 4.69) is 6.08 Å². The third-order valence-electron chi connectivity index (χ3n) is 4.50. The molecule has 1 aliphatic carbocycles. The lowest BCUT2D eigenvalue weighted by Crippen LogP contribution is -2.31. The highest BCUT2D eigenvalue weighted by molar-refractivity contribution is 6.22. The molecule has 5 heteroatoms. The number of hydrogen-bond donors (Lipinski definition) is 1. The van der Waals surface area contributed by atoms with Gasteiger partial charge in [0.2, 0.25) is 11.8 Å². The molecule has 1 aromatic rings. The summed E-state index contributed by atoms with van der Waals surface area (Å²) >= 11 is 0. The number of nitrogens with zero attached hydrogens (tertiary/aromatic N) is 1. The van der Waals surface area contributed by atoms with Crippen LogP contribution >= 0.6 is 0 Å². The summed E-state index contributed by atoms with van der Waals surface area (Å²) in [5.41, 5.74) is 1.71. The van der Waals surface area contributed by atoms with Gasteiger partial charge in [0, 0.05) is 0 Å². The molecular formula is C17H17NO4. The molecule has 1 N–H and O–H groups in total. The molecule has 0 aromatic heterocycles. The summed E-state index contributed by atoms with van der Waals surface area (Å²) in [7, 11) is 0. The van der Waals surface area contributed by atoms with Crippen molar-refractivity contribution in [1.82, 2.24) is 0 Å². The Morgan fingerprint density at radius 1 is 1.18 bits per heavy atom. The average molecular weight is 299 g/mol. The van der Waals surface area contributed by atoms with Gasteiger partial charge in [0.25, 0.3) is 0 Å². The summed E-state index contributed by atoms with van der Waals surface area (Å²) in [4.78, 5) is 37.4. The van der Waals surface area contributed by atoms with Crippen molar-refractivity contribution in [2.24, 2.45) is 17.8 Å². The van der Waals surface area contributed by atoms with Crippen molar-refractivity contribution in [3.63, 3.8) is 0 Å². The molecule has 1 heterocycles. The van der Waals surface area contributed by atoms with Gasteiger partial charge in [-0.05, 0) is 43.5 Å². The quantitative estimate of drug-likeness (QED) is 0.672. The maximum absolute atomic E-state index is 12.6. The highest BCUT2D eigenvalue weighted by Gasteiger charge is 2.51. The lowest BCUT2D eigenvalue weighted by Gasteiger charge is -2.25. The predicted octanol–water partition coefficient (Wildman–Crippen LogP) is 2.48. The smallest absolute Gasteiger partial charge is 0.335 e. The standard InChI is InChI=1S/C17H17NO4/c1-9-7-10(2)14-13(8-9)15(19)18(16(14)20)12-5-3-11(4-6-12)17(21)22/h3-7,10,13-14H,8H2,1-2H3,(H,21,22)/t10-,13-,14-/m0/s1. The van der Waals surface area contributed by atoms with E-state index in [-0.39, 0.29) is 35.1 Å². The van der Waals surface area contributed by atoms with Crippen molar-refractivity contribution in [2.75, 3.05) is 4.90 Å². The van der Waals surface area contributed by atoms with Crippen LogP contribution in [-0.2, 0) is 9.59 Å². The molecule has 0 unspecified atom stereocenters. The SMILES string of the molecule is CC1=C[C@H](C)[C@@H]2C(=O)N(c3ccc(C(=O)O)cc3)C(=O)[C@H]2C1. The van der Waals surface area contributed by atoms with Crippen LogP contribution in [0.15, 0.2) is 35.9 Å². The molecule has 3 atom stereocenters. The van der Waals surface area contributed by atoms with E-state index >= 15 is 0 Å². The molecule has 2 amide bonds. The van der Waals surface area contributed by atoms with Crippen LogP contribution in [0.1, 0.15) is 30.6 Å². The minimum atomic E-state index is -1.03. The number of benzene rings is 1. The van der Waals surface area contributed by atoms with Crippen molar-refractivity contribution < 1.29 is 19.5 Å². The van der Waals surface area contributed by atoms with Gasteiger partial charge in [0.05, 0.1) is 23.1 Å². The third kappa shape index (κ3) is 2.13. The van der Waals surface area contributed by atoms with Gasteiger partial charge in [0.1, 0.15) is 0 Å². The van der Waals surface area contributed by atoms with E-state index in [9.17, 15) is 14.4 Å². The number of rotatable bonds is 2. The second-order valence-corrected chi connectivity index (χ2v) is 6.07. The van der Waals surface area contributed by atoms with Crippen LogP contribution in [0.4, 0.5) is 5.69 Å². The maximum Gasteiger partial charge on any atom is 0.335 e. The Kier molecular flexibility index (Phi) is 3.35. The number of carboxylic acid groups (broad SMARTS) is 1. The fraction of sp³-hybridized carbons (Fsp3) is 0.353. The summed E-state index contributed by atoms with van der Waals surface area (Å²) in [6.07, 6.45) is 2.67. The van der Waals surface area contributed by atoms with E-state index in [0.29, 0.717) is 12.1 Å². The second kappa shape index (κ2) is 5.09. The molecule has 2 aliphatic rings. The molecule has 1 aromatic carbocycles. The molecule has 0 bridgehead atoms. The number of allylic oxidation sites excluding steroid dienone is 2. The van der Waals surface area contributed by atoms with E-state index in [1.807, 2.05) is 13.8 Å². The van der Waals surface area contributed by atoms with Crippen LogP contribution in [0.5, 0.6) is 0 Å². The van der Waals surface area contributed by atoms with Gasteiger partial charge in [-0.15, -0.1) is 0 Å². The minimum absolute atomic E-state index is 0.0403. The van der Waals surface area contributed by atoms with Crippen LogP contribution < -0.4 is 4.90 Å². The van der Waals surface area contributed by atoms with E-state index in [0.717, 1.165) is 5.57 Å². The number of aromatic carboxylic acids is 1. The Hall–Kier alpha value is -2.43. The molecule has 22 heavy (non-hydrogen) atoms. The molecule has 1 aliphatic heterocycles. The Bertz CT molecular complexity index is 689. The van der Waals surface area contributed by atoms with Gasteiger partial charge < -0.3 is 5.11 Å². The monoisotopic (exact) mass is 299 g/mol. The van der Waals surface area contributed by atoms with E-state index in [1.165, 1.54) is 29.2 Å². The first kappa shape index (κ1) is 14.5. The van der Waals surface area contributed by atoms with Gasteiger partial charge in [-0.25, -0.2) is 4.79 Å². The predicted molar refractivity (Wildman–Crippen MR) is 80.4 cm³/mol. The van der Waals surface area contributed by atoms with Crippen LogP contribution in [0.25, 0.3) is 0 Å². The number of fused-ring (bicyclic) bond motifs is 1. The minimum Gasteiger partial charge on any atom is -0.478 e. The number of carbonyl (C=O) groups excluding carboxylic acids is 2. The number of amides is 2. The van der Waals surface area contributed by atoms with Crippen LogP contribution in [0.2, 0.25) is 0 Å². The molecule has 0 spiro atoms. The van der Waals surface area contributed by atoms with E-state index < -0.39 is 5.97 Å². The van der Waals surface area contributed by atoms with Gasteiger partial charge in [-0.3, -0.25) is 14.5 Å². The lowest BCUT2D eigenvalue weighted by atomic mass is 9.76. The third-order valence-corrected chi connectivity index (χ3v) is 4.50. The van der Waals surface area contributed by atoms with Gasteiger partial charge in [0.15, 0.2) is 0 Å². The molecule has 5 nitrogen and oxygen atoms in total. The molecule has 1 saturated heterocycles. The summed E-state index contributed by atoms with van der Waals surface area (Å²) < 4.78 is 0. The molecule has 0 radical (unpaired) electrons. The van der Waals surface area contributed by atoms with Crippen molar-refractivity contribution in [3.8, 4) is 0 Å². The van der Waals surface area contributed by atoms with Crippen molar-refractivity contribution in [3.05, 3.63) is 41.5 Å². The first-order valence-electron chi connectivity index (χ1n) is 7.28. The zero-order chi connectivity index (χ0) is 16.0. The molecule has 1 fully saturated rings. The summed E-state index contributed by atoms with van der Waals surface area (Å²) in [6, 6.07) is 5.85. The molecular weight excluding hydrogens is 282 g/mol. The van der Waals surface area contributed by atoms with E-state index in [4.69, 9.17) is 5.11 Å². The normalized spacial score (nSPS) is 27.6. The van der Waals surface area contributed by atoms with Crippen LogP contribution in [0, 0.1) is 17.8 Å². The van der Waals surface area contributed by atoms with Crippen molar-refractivity contribution in [1.29, 1.82) is 0 Å². The van der Waals surface area contributed by atoms with E-state index in [1.54, 1.807) is 0 Å². The van der Waals surface area contributed by atoms with Crippen LogP contribution in [-0.4, -0.2) is 22.9 Å².